The van der Waals surface area contributed by atoms with Crippen molar-refractivity contribution in [3.8, 4) is 0 Å². The first-order valence-corrected chi connectivity index (χ1v) is 5.20. The van der Waals surface area contributed by atoms with Crippen LogP contribution >= 0.6 is 0 Å². The lowest BCUT2D eigenvalue weighted by atomic mass is 10.3. The van der Waals surface area contributed by atoms with Gasteiger partial charge in [-0.15, -0.1) is 0 Å². The second-order valence-corrected chi connectivity index (χ2v) is 3.81. The van der Waals surface area contributed by atoms with E-state index < -0.39 is 6.10 Å². The van der Waals surface area contributed by atoms with E-state index in [2.05, 4.69) is 10.5 Å². The molecule has 1 amide bonds. The third-order valence-electron chi connectivity index (χ3n) is 1.89. The fourth-order valence-corrected chi connectivity index (χ4v) is 0.785. The molecule has 16 heavy (non-hydrogen) atoms. The van der Waals surface area contributed by atoms with Gasteiger partial charge in [0.2, 0.25) is 6.10 Å². The molecule has 0 spiro atoms. The molecule has 0 radical (unpaired) electrons. The normalized spacial score (nSPS) is 15.8. The van der Waals surface area contributed by atoms with E-state index in [9.17, 15) is 4.79 Å². The van der Waals surface area contributed by atoms with E-state index in [4.69, 9.17) is 15.3 Å². The van der Waals surface area contributed by atoms with E-state index in [0.717, 1.165) is 0 Å². The molecule has 0 aromatic rings. The molecule has 0 saturated heterocycles. The minimum atomic E-state index is -0.676. The highest BCUT2D eigenvalue weighted by atomic mass is 16.6. The molecule has 0 aromatic heterocycles. The molecule has 0 bridgehead atoms. The second kappa shape index (κ2) is 7.05. The number of rotatable bonds is 6. The van der Waals surface area contributed by atoms with Gasteiger partial charge in [0, 0.05) is 13.2 Å². The van der Waals surface area contributed by atoms with Gasteiger partial charge in [-0.25, -0.2) is 0 Å². The Morgan fingerprint density at radius 1 is 1.25 bits per heavy atom. The Kier molecular flexibility index (Phi) is 6.48. The molecule has 0 aliphatic heterocycles. The van der Waals surface area contributed by atoms with Gasteiger partial charge in [0.15, 0.2) is 5.84 Å². The summed E-state index contributed by atoms with van der Waals surface area (Å²) in [6.07, 6.45) is -1.01. The number of carbonyl (C=O) groups is 1. The molecule has 3 N–H and O–H groups in total. The van der Waals surface area contributed by atoms with Crippen LogP contribution in [-0.2, 0) is 14.4 Å². The van der Waals surface area contributed by atoms with Gasteiger partial charge in [0.25, 0.3) is 5.91 Å². The highest BCUT2D eigenvalue weighted by molar-refractivity contribution is 5.84. The highest BCUT2D eigenvalue weighted by Gasteiger charge is 2.15. The molecule has 0 aromatic carbocycles. The highest BCUT2D eigenvalue weighted by Crippen LogP contribution is 1.95. The van der Waals surface area contributed by atoms with Crippen LogP contribution in [0.1, 0.15) is 27.7 Å². The summed E-state index contributed by atoms with van der Waals surface area (Å²) >= 11 is 0. The summed E-state index contributed by atoms with van der Waals surface area (Å²) in [6, 6.07) is 0.0674. The Morgan fingerprint density at radius 3 is 2.25 bits per heavy atom. The minimum absolute atomic E-state index is 0.0674. The Balaban J connectivity index is 4.14. The van der Waals surface area contributed by atoms with Crippen molar-refractivity contribution in [3.05, 3.63) is 0 Å². The van der Waals surface area contributed by atoms with Crippen molar-refractivity contribution >= 4 is 11.7 Å². The van der Waals surface area contributed by atoms with Crippen LogP contribution in [0.5, 0.6) is 0 Å². The first-order chi connectivity index (χ1) is 7.38. The van der Waals surface area contributed by atoms with Crippen molar-refractivity contribution in [1.82, 2.24) is 5.32 Å². The lowest BCUT2D eigenvalue weighted by Gasteiger charge is -2.14. The van der Waals surface area contributed by atoms with Gasteiger partial charge in [0.1, 0.15) is 6.10 Å². The predicted octanol–water partition coefficient (Wildman–Crippen LogP) is 0.223. The number of nitrogens with one attached hydrogen (secondary N) is 1. The van der Waals surface area contributed by atoms with Crippen molar-refractivity contribution in [2.75, 3.05) is 7.11 Å². The lowest BCUT2D eigenvalue weighted by Crippen LogP contribution is -2.38. The summed E-state index contributed by atoms with van der Waals surface area (Å²) in [4.78, 5) is 16.4. The zero-order valence-corrected chi connectivity index (χ0v) is 10.5. The topological polar surface area (TPSA) is 85.9 Å². The van der Waals surface area contributed by atoms with Gasteiger partial charge < -0.3 is 20.6 Å². The number of nitrogens with two attached hydrogens (primary N) is 1. The Hall–Kier alpha value is -1.30. The third kappa shape index (κ3) is 5.55. The van der Waals surface area contributed by atoms with Crippen molar-refractivity contribution in [1.29, 1.82) is 0 Å². The van der Waals surface area contributed by atoms with Crippen LogP contribution in [0.4, 0.5) is 0 Å². The number of carbonyl (C=O) groups excluding carboxylic acids is 1. The Labute approximate surface area is 96.2 Å². The van der Waals surface area contributed by atoms with Crippen LogP contribution in [0.25, 0.3) is 0 Å². The predicted molar refractivity (Wildman–Crippen MR) is 61.9 cm³/mol. The number of nitrogens with zero attached hydrogens (tertiary/aromatic N) is 1. The quantitative estimate of drug-likeness (QED) is 0.389. The number of ether oxygens (including phenoxy) is 1. The summed E-state index contributed by atoms with van der Waals surface area (Å²) in [5.74, 6) is -0.0247. The molecule has 2 atom stereocenters. The first-order valence-electron chi connectivity index (χ1n) is 5.20. The average Bonchev–Trinajstić information content (AvgIpc) is 2.23. The number of amides is 1. The summed E-state index contributed by atoms with van der Waals surface area (Å²) in [6.45, 7) is 7.08. The number of hydrogen-bond acceptors (Lipinski definition) is 4. The summed E-state index contributed by atoms with van der Waals surface area (Å²) in [5, 5.41) is 6.34. The summed E-state index contributed by atoms with van der Waals surface area (Å²) in [5.41, 5.74) is 5.55. The smallest absolute Gasteiger partial charge is 0.263 e. The van der Waals surface area contributed by atoms with Crippen molar-refractivity contribution < 1.29 is 14.4 Å². The van der Waals surface area contributed by atoms with E-state index >= 15 is 0 Å². The lowest BCUT2D eigenvalue weighted by molar-refractivity contribution is -0.132. The van der Waals surface area contributed by atoms with E-state index in [-0.39, 0.29) is 23.9 Å². The molecular weight excluding hydrogens is 210 g/mol. The molecule has 0 heterocycles. The maximum Gasteiger partial charge on any atom is 0.263 e. The molecule has 6 heteroatoms. The van der Waals surface area contributed by atoms with Crippen LogP contribution in [-0.4, -0.2) is 37.1 Å². The molecule has 0 fully saturated rings. The number of hydrogen-bond donors (Lipinski definition) is 2. The molecular formula is C10H21N3O3. The molecule has 0 unspecified atom stereocenters. The Bertz CT molecular complexity index is 254. The average molecular weight is 231 g/mol. The van der Waals surface area contributed by atoms with Crippen LogP contribution in [0.15, 0.2) is 5.16 Å². The van der Waals surface area contributed by atoms with Crippen molar-refractivity contribution in [3.63, 3.8) is 0 Å². The van der Waals surface area contributed by atoms with Crippen molar-refractivity contribution in [2.24, 2.45) is 10.9 Å². The second-order valence-electron chi connectivity index (χ2n) is 3.81. The van der Waals surface area contributed by atoms with E-state index in [0.29, 0.717) is 0 Å². The van der Waals surface area contributed by atoms with Gasteiger partial charge >= 0.3 is 0 Å². The van der Waals surface area contributed by atoms with Crippen LogP contribution in [0.2, 0.25) is 0 Å². The molecule has 0 aliphatic rings. The van der Waals surface area contributed by atoms with E-state index in [1.165, 1.54) is 7.11 Å². The maximum absolute atomic E-state index is 11.4. The summed E-state index contributed by atoms with van der Waals surface area (Å²) < 4.78 is 4.93. The monoisotopic (exact) mass is 231 g/mol. The van der Waals surface area contributed by atoms with Crippen molar-refractivity contribution in [2.45, 2.75) is 45.9 Å². The molecule has 0 aliphatic carbocycles. The van der Waals surface area contributed by atoms with Crippen LogP contribution < -0.4 is 11.1 Å². The largest absolute Gasteiger partial charge is 0.382 e. The zero-order valence-electron chi connectivity index (χ0n) is 10.5. The van der Waals surface area contributed by atoms with Gasteiger partial charge in [0.05, 0.1) is 0 Å². The third-order valence-corrected chi connectivity index (χ3v) is 1.89. The fraction of sp³-hybridized carbons (Fsp3) is 0.800. The van der Waals surface area contributed by atoms with E-state index in [1.807, 2.05) is 13.8 Å². The van der Waals surface area contributed by atoms with E-state index in [1.54, 1.807) is 13.8 Å². The van der Waals surface area contributed by atoms with Gasteiger partial charge in [-0.05, 0) is 27.7 Å². The van der Waals surface area contributed by atoms with Gasteiger partial charge in [-0.3, -0.25) is 4.79 Å². The van der Waals surface area contributed by atoms with Crippen LogP contribution in [0, 0.1) is 0 Å². The van der Waals surface area contributed by atoms with Crippen LogP contribution in [0.3, 0.4) is 0 Å². The SMILES string of the molecule is CO[C@@H](C)/C(N)=N\O[C@@H](C)C(=O)NC(C)C. The number of methoxy groups -OCH3 is 1. The first kappa shape index (κ1) is 14.7. The number of oxime groups is 1. The molecule has 0 saturated carbocycles. The molecule has 6 nitrogen and oxygen atoms in total. The standard InChI is InChI=1S/C10H21N3O3/c1-6(2)12-10(14)8(4)16-13-9(11)7(3)15-5/h6-8H,1-5H3,(H2,11,13)(H,12,14)/t7-,8-/m0/s1. The minimum Gasteiger partial charge on any atom is -0.382 e. The van der Waals surface area contributed by atoms with Gasteiger partial charge in [-0.1, -0.05) is 5.16 Å². The van der Waals surface area contributed by atoms with Gasteiger partial charge in [-0.2, -0.15) is 0 Å². The maximum atomic E-state index is 11.4. The Morgan fingerprint density at radius 2 is 1.81 bits per heavy atom. The summed E-state index contributed by atoms with van der Waals surface area (Å²) in [7, 11) is 1.52. The molecule has 0 rings (SSSR count). The number of amidine groups is 1. The fourth-order valence-electron chi connectivity index (χ4n) is 0.785. The molecule has 94 valence electrons. The zero-order chi connectivity index (χ0) is 12.7.